The van der Waals surface area contributed by atoms with Gasteiger partial charge in [0.15, 0.2) is 0 Å². The molecule has 0 amide bonds. The highest BCUT2D eigenvalue weighted by molar-refractivity contribution is 8.02. The van der Waals surface area contributed by atoms with E-state index in [0.717, 1.165) is 23.6 Å². The minimum Gasteiger partial charge on any atom is -0.397 e. The van der Waals surface area contributed by atoms with Crippen molar-refractivity contribution in [3.63, 3.8) is 0 Å². The molecule has 0 atom stereocenters. The van der Waals surface area contributed by atoms with Crippen LogP contribution >= 0.6 is 11.9 Å². The molecule has 102 valence electrons. The molecule has 0 spiro atoms. The average molecular weight is 278 g/mol. The summed E-state index contributed by atoms with van der Waals surface area (Å²) in [6, 6.07) is 5.01. The van der Waals surface area contributed by atoms with Crippen molar-refractivity contribution in [3.8, 4) is 0 Å². The van der Waals surface area contributed by atoms with Crippen molar-refractivity contribution in [1.82, 2.24) is 9.84 Å². The summed E-state index contributed by atoms with van der Waals surface area (Å²) in [5, 5.41) is 0. The van der Waals surface area contributed by atoms with Gasteiger partial charge >= 0.3 is 0 Å². The molecule has 0 radical (unpaired) electrons. The number of benzene rings is 1. The summed E-state index contributed by atoms with van der Waals surface area (Å²) in [4.78, 5) is 13.2. The van der Waals surface area contributed by atoms with Crippen molar-refractivity contribution < 1.29 is 4.79 Å². The lowest BCUT2D eigenvalue weighted by Crippen LogP contribution is -2.30. The van der Waals surface area contributed by atoms with E-state index in [1.807, 2.05) is 18.3 Å². The normalized spacial score (nSPS) is 16.1. The summed E-state index contributed by atoms with van der Waals surface area (Å²) >= 11 is 1.44. The number of Topliss-reactive ketones (excluding diaryl/α,β-unsaturated/α-hetero) is 1. The summed E-state index contributed by atoms with van der Waals surface area (Å²) in [5.74, 6) is -0.00500. The maximum Gasteiger partial charge on any atom is 0.200 e. The van der Waals surface area contributed by atoms with Crippen molar-refractivity contribution in [1.29, 1.82) is 0 Å². The van der Waals surface area contributed by atoms with Gasteiger partial charge in [0.05, 0.1) is 16.3 Å². The Balaban J connectivity index is 2.20. The Kier molecular flexibility index (Phi) is 4.14. The number of ketones is 1. The number of carbonyl (C=O) groups excluding carboxylic acids is 1. The average Bonchev–Trinajstić information content (AvgIpc) is 2.73. The van der Waals surface area contributed by atoms with Crippen LogP contribution in [0.5, 0.6) is 0 Å². The van der Waals surface area contributed by atoms with Crippen LogP contribution in [0.15, 0.2) is 28.7 Å². The number of nitrogens with one attached hydrogen (secondary N) is 1. The molecule has 5 nitrogen and oxygen atoms in total. The topological polar surface area (TPSA) is 84.4 Å². The van der Waals surface area contributed by atoms with Gasteiger partial charge in [0.25, 0.3) is 0 Å². The van der Waals surface area contributed by atoms with Crippen LogP contribution in [0.3, 0.4) is 0 Å². The van der Waals surface area contributed by atoms with Crippen LogP contribution in [0.4, 0.5) is 11.4 Å². The summed E-state index contributed by atoms with van der Waals surface area (Å²) in [6.45, 7) is 5.56. The minimum absolute atomic E-state index is 0.00500. The second-order valence-corrected chi connectivity index (χ2v) is 5.45. The first-order valence-electron chi connectivity index (χ1n) is 6.11. The van der Waals surface area contributed by atoms with E-state index >= 15 is 0 Å². The third-order valence-electron chi connectivity index (χ3n) is 2.86. The Hall–Kier alpha value is -1.50. The van der Waals surface area contributed by atoms with Gasteiger partial charge in [0, 0.05) is 18.7 Å². The monoisotopic (exact) mass is 278 g/mol. The molecule has 0 aromatic heterocycles. The molecule has 0 aliphatic carbocycles. The predicted molar refractivity (Wildman–Crippen MR) is 80.3 cm³/mol. The van der Waals surface area contributed by atoms with Crippen molar-refractivity contribution in [2.45, 2.75) is 13.8 Å². The number of nitrogens with two attached hydrogens (primary N) is 2. The molecular weight excluding hydrogens is 260 g/mol. The number of hydrazine groups is 1. The van der Waals surface area contributed by atoms with Gasteiger partial charge in [0.1, 0.15) is 0 Å². The number of rotatable bonds is 4. The highest BCUT2D eigenvalue weighted by atomic mass is 32.2. The van der Waals surface area contributed by atoms with Crippen LogP contribution in [0.25, 0.3) is 0 Å². The smallest absolute Gasteiger partial charge is 0.200 e. The van der Waals surface area contributed by atoms with E-state index < -0.39 is 0 Å². The van der Waals surface area contributed by atoms with Crippen LogP contribution in [0, 0.1) is 0 Å². The third-order valence-corrected chi connectivity index (χ3v) is 4.05. The number of nitrogen functional groups attached to an aromatic ring is 2. The zero-order valence-corrected chi connectivity index (χ0v) is 11.9. The molecule has 0 saturated carbocycles. The van der Waals surface area contributed by atoms with Crippen molar-refractivity contribution in [3.05, 3.63) is 34.2 Å². The Morgan fingerprint density at radius 1 is 1.42 bits per heavy atom. The summed E-state index contributed by atoms with van der Waals surface area (Å²) in [6.07, 6.45) is 0. The molecule has 6 heteroatoms. The van der Waals surface area contributed by atoms with E-state index in [0.29, 0.717) is 16.9 Å². The zero-order valence-electron chi connectivity index (χ0n) is 11.1. The quantitative estimate of drug-likeness (QED) is 0.442. The van der Waals surface area contributed by atoms with E-state index in [9.17, 15) is 4.79 Å². The molecule has 2 rings (SSSR count). The van der Waals surface area contributed by atoms with Crippen molar-refractivity contribution in [2.24, 2.45) is 0 Å². The summed E-state index contributed by atoms with van der Waals surface area (Å²) in [5.41, 5.74) is 17.2. The van der Waals surface area contributed by atoms with Gasteiger partial charge in [-0.15, -0.1) is 0 Å². The fourth-order valence-electron chi connectivity index (χ4n) is 1.85. The van der Waals surface area contributed by atoms with Crippen molar-refractivity contribution >= 4 is 29.1 Å². The molecule has 0 saturated heterocycles. The number of hydrogen-bond donors (Lipinski definition) is 3. The lowest BCUT2D eigenvalue weighted by Gasteiger charge is -2.14. The lowest BCUT2D eigenvalue weighted by atomic mass is 10.1. The molecular formula is C13H18N4OS. The van der Waals surface area contributed by atoms with Gasteiger partial charge in [-0.3, -0.25) is 4.79 Å². The molecule has 5 N–H and O–H groups in total. The molecule has 19 heavy (non-hydrogen) atoms. The Morgan fingerprint density at radius 3 is 2.79 bits per heavy atom. The van der Waals surface area contributed by atoms with E-state index in [1.54, 1.807) is 18.2 Å². The zero-order chi connectivity index (χ0) is 14.0. The number of allylic oxidation sites excluding steroid dienone is 1. The minimum atomic E-state index is -0.00500. The maximum absolute atomic E-state index is 12.4. The van der Waals surface area contributed by atoms with Crippen LogP contribution < -0.4 is 16.9 Å². The number of anilines is 2. The molecule has 0 unspecified atom stereocenters. The Bertz CT molecular complexity index is 541. The van der Waals surface area contributed by atoms with Gasteiger partial charge in [-0.25, -0.2) is 5.43 Å². The van der Waals surface area contributed by atoms with E-state index in [1.165, 1.54) is 11.9 Å². The molecule has 0 bridgehead atoms. The first-order chi connectivity index (χ1) is 9.02. The van der Waals surface area contributed by atoms with Gasteiger partial charge < -0.3 is 11.5 Å². The molecule has 1 aliphatic rings. The van der Waals surface area contributed by atoms with Gasteiger partial charge in [-0.05, 0) is 42.6 Å². The number of hydrogen-bond acceptors (Lipinski definition) is 6. The highest BCUT2D eigenvalue weighted by Gasteiger charge is 2.26. The van der Waals surface area contributed by atoms with E-state index in [2.05, 4.69) is 5.43 Å². The van der Waals surface area contributed by atoms with Crippen molar-refractivity contribution in [2.75, 3.05) is 24.6 Å². The second-order valence-electron chi connectivity index (χ2n) is 4.42. The molecule has 1 aliphatic heterocycles. The SMILES string of the molecule is CCNN1CC(C)=C(C(=O)c2ccc(N)c(N)c2)S1. The predicted octanol–water partition coefficient (Wildman–Crippen LogP) is 1.80. The number of nitrogens with zero attached hydrogens (tertiary/aromatic N) is 1. The Labute approximate surface area is 117 Å². The standard InChI is InChI=1S/C13H18N4OS/c1-3-16-17-7-8(2)13(19-17)12(18)9-4-5-10(14)11(15)6-9/h4-6,16H,3,7,14-15H2,1-2H3. The molecule has 0 fully saturated rings. The highest BCUT2D eigenvalue weighted by Crippen LogP contribution is 2.34. The van der Waals surface area contributed by atoms with Crippen LogP contribution in [-0.2, 0) is 0 Å². The molecule has 1 heterocycles. The van der Waals surface area contributed by atoms with Gasteiger partial charge in [0.2, 0.25) is 5.78 Å². The van der Waals surface area contributed by atoms with Crippen LogP contribution in [0.2, 0.25) is 0 Å². The second kappa shape index (κ2) is 5.64. The Morgan fingerprint density at radius 2 is 2.16 bits per heavy atom. The fourth-order valence-corrected chi connectivity index (χ4v) is 2.95. The van der Waals surface area contributed by atoms with Gasteiger partial charge in [-0.1, -0.05) is 6.92 Å². The molecule has 1 aromatic carbocycles. The summed E-state index contributed by atoms with van der Waals surface area (Å²) < 4.78 is 1.96. The fraction of sp³-hybridized carbons (Fsp3) is 0.308. The molecule has 1 aromatic rings. The summed E-state index contributed by atoms with van der Waals surface area (Å²) in [7, 11) is 0. The third kappa shape index (κ3) is 2.91. The maximum atomic E-state index is 12.4. The van der Waals surface area contributed by atoms with E-state index in [-0.39, 0.29) is 5.78 Å². The van der Waals surface area contributed by atoms with Gasteiger partial charge in [-0.2, -0.15) is 4.41 Å². The van der Waals surface area contributed by atoms with Crippen LogP contribution in [-0.4, -0.2) is 23.3 Å². The van der Waals surface area contributed by atoms with E-state index in [4.69, 9.17) is 11.5 Å². The first kappa shape index (κ1) is 13.9. The lowest BCUT2D eigenvalue weighted by molar-refractivity contribution is 0.104. The number of carbonyl (C=O) groups is 1. The van der Waals surface area contributed by atoms with Crippen LogP contribution in [0.1, 0.15) is 24.2 Å². The largest absolute Gasteiger partial charge is 0.397 e. The first-order valence-corrected chi connectivity index (χ1v) is 6.88.